The number of ether oxygens (including phenoxy) is 2. The molecule has 0 aliphatic carbocycles. The van der Waals surface area contributed by atoms with Gasteiger partial charge in [-0.2, -0.15) is 0 Å². The molecule has 1 saturated heterocycles. The second-order valence-electron chi connectivity index (χ2n) is 5.21. The van der Waals surface area contributed by atoms with Crippen molar-refractivity contribution in [2.75, 3.05) is 27.3 Å². The van der Waals surface area contributed by atoms with E-state index in [1.54, 1.807) is 7.11 Å². The predicted octanol–water partition coefficient (Wildman–Crippen LogP) is 1.08. The second kappa shape index (κ2) is 7.28. The number of nitrogens with zero attached hydrogens (tertiary/aromatic N) is 1. The fraction of sp³-hybridized carbons (Fsp3) is 0.533. The summed E-state index contributed by atoms with van der Waals surface area (Å²) in [6, 6.07) is 6.27. The molecule has 1 aromatic carbocycles. The van der Waals surface area contributed by atoms with Crippen molar-refractivity contribution in [1.29, 1.82) is 0 Å². The molecule has 0 bridgehead atoms. The van der Waals surface area contributed by atoms with Gasteiger partial charge in [-0.05, 0) is 18.1 Å². The Labute approximate surface area is 125 Å². The number of amides is 1. The maximum atomic E-state index is 11.2. The van der Waals surface area contributed by atoms with Crippen LogP contribution in [0, 0.1) is 0 Å². The Morgan fingerprint density at radius 3 is 2.95 bits per heavy atom. The lowest BCUT2D eigenvalue weighted by Gasteiger charge is -2.17. The molecule has 1 fully saturated rings. The van der Waals surface area contributed by atoms with E-state index in [1.165, 1.54) is 12.7 Å². The molecule has 1 amide bonds. The van der Waals surface area contributed by atoms with Crippen molar-refractivity contribution in [2.45, 2.75) is 25.6 Å². The molecule has 1 aliphatic rings. The van der Waals surface area contributed by atoms with Crippen molar-refractivity contribution in [3.05, 3.63) is 29.3 Å². The largest absolute Gasteiger partial charge is 0.496 e. The van der Waals surface area contributed by atoms with E-state index >= 15 is 0 Å². The number of nitrogens with two attached hydrogens (primary N) is 1. The minimum absolute atomic E-state index is 0.155. The summed E-state index contributed by atoms with van der Waals surface area (Å²) in [5.74, 6) is 0.832. The normalized spacial score (nSPS) is 18.5. The van der Waals surface area contributed by atoms with Crippen LogP contribution in [-0.4, -0.2) is 44.3 Å². The van der Waals surface area contributed by atoms with Crippen LogP contribution in [0.3, 0.4) is 0 Å². The summed E-state index contributed by atoms with van der Waals surface area (Å²) in [7, 11) is 3.04. The number of rotatable bonds is 5. The van der Waals surface area contributed by atoms with Crippen LogP contribution in [0.4, 0.5) is 4.79 Å². The van der Waals surface area contributed by atoms with E-state index in [1.807, 2.05) is 12.1 Å². The van der Waals surface area contributed by atoms with Gasteiger partial charge in [-0.25, -0.2) is 4.79 Å². The summed E-state index contributed by atoms with van der Waals surface area (Å²) in [5, 5.41) is 2.84. The quantitative estimate of drug-likeness (QED) is 0.849. The minimum Gasteiger partial charge on any atom is -0.496 e. The molecule has 3 N–H and O–H groups in total. The van der Waals surface area contributed by atoms with Gasteiger partial charge in [-0.15, -0.1) is 0 Å². The van der Waals surface area contributed by atoms with Gasteiger partial charge < -0.3 is 20.5 Å². The molecule has 0 spiro atoms. The van der Waals surface area contributed by atoms with Crippen LogP contribution >= 0.6 is 0 Å². The third-order valence-corrected chi connectivity index (χ3v) is 3.76. The van der Waals surface area contributed by atoms with Crippen LogP contribution < -0.4 is 15.8 Å². The van der Waals surface area contributed by atoms with Gasteiger partial charge in [-0.3, -0.25) is 4.90 Å². The Kier molecular flexibility index (Phi) is 5.41. The molecule has 1 atom stereocenters. The standard InChI is InChI=1S/C15H23N3O3/c1-20-14-7-11(3-4-12(14)8-16)9-18-6-5-13(10-18)17-15(19)21-2/h3-4,7,13H,5-6,8-10,16H2,1-2H3,(H,17,19). The van der Waals surface area contributed by atoms with Gasteiger partial charge in [0.2, 0.25) is 0 Å². The molecule has 1 unspecified atom stereocenters. The number of methoxy groups -OCH3 is 2. The Balaban J connectivity index is 1.92. The zero-order valence-corrected chi connectivity index (χ0v) is 12.6. The van der Waals surface area contributed by atoms with Crippen molar-refractivity contribution in [3.63, 3.8) is 0 Å². The van der Waals surface area contributed by atoms with E-state index in [4.69, 9.17) is 10.5 Å². The van der Waals surface area contributed by atoms with E-state index in [-0.39, 0.29) is 12.1 Å². The topological polar surface area (TPSA) is 76.8 Å². The lowest BCUT2D eigenvalue weighted by molar-refractivity contribution is 0.166. The van der Waals surface area contributed by atoms with E-state index in [0.29, 0.717) is 6.54 Å². The van der Waals surface area contributed by atoms with Crippen LogP contribution in [-0.2, 0) is 17.8 Å². The molecular formula is C15H23N3O3. The summed E-state index contributed by atoms with van der Waals surface area (Å²) < 4.78 is 9.98. The van der Waals surface area contributed by atoms with Crippen molar-refractivity contribution >= 4 is 6.09 Å². The van der Waals surface area contributed by atoms with E-state index < -0.39 is 0 Å². The highest BCUT2D eigenvalue weighted by Gasteiger charge is 2.24. The smallest absolute Gasteiger partial charge is 0.407 e. The summed E-state index contributed by atoms with van der Waals surface area (Å²) in [6.45, 7) is 3.09. The van der Waals surface area contributed by atoms with Crippen molar-refractivity contribution < 1.29 is 14.3 Å². The zero-order chi connectivity index (χ0) is 15.2. The number of nitrogens with one attached hydrogen (secondary N) is 1. The third kappa shape index (κ3) is 4.09. The number of alkyl carbamates (subject to hydrolysis) is 1. The van der Waals surface area contributed by atoms with Crippen LogP contribution in [0.5, 0.6) is 5.75 Å². The summed E-state index contributed by atoms with van der Waals surface area (Å²) >= 11 is 0. The van der Waals surface area contributed by atoms with Crippen molar-refractivity contribution in [3.8, 4) is 5.75 Å². The van der Waals surface area contributed by atoms with Crippen LogP contribution in [0.1, 0.15) is 17.5 Å². The molecule has 1 aromatic rings. The maximum Gasteiger partial charge on any atom is 0.407 e. The number of hydrogen-bond acceptors (Lipinski definition) is 5. The number of hydrogen-bond donors (Lipinski definition) is 2. The molecule has 0 saturated carbocycles. The first kappa shape index (κ1) is 15.6. The van der Waals surface area contributed by atoms with Gasteiger partial charge in [-0.1, -0.05) is 12.1 Å². The first-order chi connectivity index (χ1) is 10.2. The zero-order valence-electron chi connectivity index (χ0n) is 12.6. The van der Waals surface area contributed by atoms with E-state index in [9.17, 15) is 4.79 Å². The minimum atomic E-state index is -0.365. The molecule has 1 heterocycles. The number of likely N-dealkylation sites (tertiary alicyclic amines) is 1. The highest BCUT2D eigenvalue weighted by atomic mass is 16.5. The Bertz CT molecular complexity index is 493. The van der Waals surface area contributed by atoms with Gasteiger partial charge in [0.25, 0.3) is 0 Å². The Hall–Kier alpha value is -1.79. The molecule has 1 aliphatic heterocycles. The molecule has 21 heavy (non-hydrogen) atoms. The monoisotopic (exact) mass is 293 g/mol. The third-order valence-electron chi connectivity index (χ3n) is 3.76. The lowest BCUT2D eigenvalue weighted by Crippen LogP contribution is -2.36. The molecule has 6 heteroatoms. The molecular weight excluding hydrogens is 270 g/mol. The van der Waals surface area contributed by atoms with Gasteiger partial charge in [0.1, 0.15) is 5.75 Å². The van der Waals surface area contributed by atoms with Gasteiger partial charge in [0.05, 0.1) is 14.2 Å². The number of benzene rings is 1. The number of carbonyl (C=O) groups excluding carboxylic acids is 1. The van der Waals surface area contributed by atoms with Crippen molar-refractivity contribution in [1.82, 2.24) is 10.2 Å². The fourth-order valence-corrected chi connectivity index (χ4v) is 2.63. The average molecular weight is 293 g/mol. The Morgan fingerprint density at radius 2 is 2.29 bits per heavy atom. The fourth-order valence-electron chi connectivity index (χ4n) is 2.63. The summed E-state index contributed by atoms with van der Waals surface area (Å²) in [5.41, 5.74) is 7.87. The van der Waals surface area contributed by atoms with E-state index in [0.717, 1.165) is 37.4 Å². The second-order valence-corrected chi connectivity index (χ2v) is 5.21. The molecule has 2 rings (SSSR count). The Morgan fingerprint density at radius 1 is 1.48 bits per heavy atom. The van der Waals surface area contributed by atoms with E-state index in [2.05, 4.69) is 21.0 Å². The molecule has 116 valence electrons. The molecule has 6 nitrogen and oxygen atoms in total. The highest BCUT2D eigenvalue weighted by Crippen LogP contribution is 2.22. The first-order valence-corrected chi connectivity index (χ1v) is 7.09. The lowest BCUT2D eigenvalue weighted by atomic mass is 10.1. The van der Waals surface area contributed by atoms with Gasteiger partial charge in [0, 0.05) is 37.8 Å². The SMILES string of the molecule is COC(=O)NC1CCN(Cc2ccc(CN)c(OC)c2)C1. The average Bonchev–Trinajstić information content (AvgIpc) is 2.93. The maximum absolute atomic E-state index is 11.2. The predicted molar refractivity (Wildman–Crippen MR) is 80.1 cm³/mol. The highest BCUT2D eigenvalue weighted by molar-refractivity contribution is 5.67. The first-order valence-electron chi connectivity index (χ1n) is 7.09. The van der Waals surface area contributed by atoms with Gasteiger partial charge >= 0.3 is 6.09 Å². The molecule has 0 radical (unpaired) electrons. The van der Waals surface area contributed by atoms with Crippen LogP contribution in [0.15, 0.2) is 18.2 Å². The molecule has 0 aromatic heterocycles. The summed E-state index contributed by atoms with van der Waals surface area (Å²) in [4.78, 5) is 13.5. The van der Waals surface area contributed by atoms with Gasteiger partial charge in [0.15, 0.2) is 0 Å². The van der Waals surface area contributed by atoms with Crippen LogP contribution in [0.2, 0.25) is 0 Å². The number of carbonyl (C=O) groups is 1. The van der Waals surface area contributed by atoms with Crippen LogP contribution in [0.25, 0.3) is 0 Å². The van der Waals surface area contributed by atoms with Crippen molar-refractivity contribution in [2.24, 2.45) is 5.73 Å². The summed E-state index contributed by atoms with van der Waals surface area (Å²) in [6.07, 6.45) is 0.573.